The van der Waals surface area contributed by atoms with Crippen molar-refractivity contribution in [3.8, 4) is 17.2 Å². The molecule has 8 nitrogen and oxygen atoms in total. The molecule has 38 heavy (non-hydrogen) atoms. The van der Waals surface area contributed by atoms with E-state index in [0.29, 0.717) is 35.3 Å². The smallest absolute Gasteiger partial charge is 0.296 e. The van der Waals surface area contributed by atoms with Crippen molar-refractivity contribution in [3.05, 3.63) is 88.2 Å². The number of hydrogen-bond donors (Lipinski definition) is 1. The second-order valence-electron chi connectivity index (χ2n) is 9.21. The Labute approximate surface area is 226 Å². The number of hydrogen-bond acceptors (Lipinski definition) is 7. The van der Waals surface area contributed by atoms with Gasteiger partial charge in [0.2, 0.25) is 0 Å². The van der Waals surface area contributed by atoms with Crippen molar-refractivity contribution in [1.29, 1.82) is 0 Å². The fraction of sp³-hybridized carbons (Fsp3) is 0.276. The maximum atomic E-state index is 13.5. The third-order valence-corrected chi connectivity index (χ3v) is 6.38. The van der Waals surface area contributed by atoms with E-state index < -0.39 is 23.5 Å². The lowest BCUT2D eigenvalue weighted by molar-refractivity contribution is -0.140. The zero-order chi connectivity index (χ0) is 27.4. The van der Waals surface area contributed by atoms with Crippen LogP contribution in [0.25, 0.3) is 5.76 Å². The zero-order valence-corrected chi connectivity index (χ0v) is 22.4. The Morgan fingerprint density at radius 1 is 1.05 bits per heavy atom. The predicted octanol–water partition coefficient (Wildman–Crippen LogP) is 5.41. The van der Waals surface area contributed by atoms with Crippen LogP contribution >= 0.6 is 11.6 Å². The van der Waals surface area contributed by atoms with Crippen molar-refractivity contribution < 1.29 is 28.9 Å². The summed E-state index contributed by atoms with van der Waals surface area (Å²) in [5.41, 5.74) is 1.26. The average Bonchev–Trinajstić information content (AvgIpc) is 3.17. The maximum Gasteiger partial charge on any atom is 0.296 e. The topological polar surface area (TPSA) is 98.2 Å². The first kappa shape index (κ1) is 27.0. The van der Waals surface area contributed by atoms with Gasteiger partial charge >= 0.3 is 0 Å². The zero-order valence-electron chi connectivity index (χ0n) is 21.6. The normalized spacial score (nSPS) is 16.7. The molecule has 2 heterocycles. The average molecular weight is 537 g/mol. The van der Waals surface area contributed by atoms with Crippen molar-refractivity contribution in [2.75, 3.05) is 20.8 Å². The fourth-order valence-electron chi connectivity index (χ4n) is 4.28. The van der Waals surface area contributed by atoms with Gasteiger partial charge in [-0.25, -0.2) is 0 Å². The molecule has 1 amide bonds. The standard InChI is InChI=1S/C29H29ClN2O6/c1-17(2)16-38-20-10-7-8-18(12-20)26-25(27(33)21-13-22(30)24(37-4)14-23(21)36-3)28(34)29(35)32(26)15-19-9-5-6-11-31-19/h5-14,17,26,33H,15-16H2,1-4H3/b27-25+. The molecule has 9 heteroatoms. The van der Waals surface area contributed by atoms with E-state index in [1.54, 1.807) is 42.6 Å². The number of ether oxygens (including phenoxy) is 3. The van der Waals surface area contributed by atoms with E-state index in [2.05, 4.69) is 4.98 Å². The summed E-state index contributed by atoms with van der Waals surface area (Å²) in [5, 5.41) is 11.7. The van der Waals surface area contributed by atoms with E-state index in [1.807, 2.05) is 19.9 Å². The number of pyridine rings is 1. The molecule has 198 valence electrons. The summed E-state index contributed by atoms with van der Waals surface area (Å²) in [4.78, 5) is 32.5. The number of benzene rings is 2. The highest BCUT2D eigenvalue weighted by molar-refractivity contribution is 6.46. The Hall–Kier alpha value is -4.04. The Morgan fingerprint density at radius 3 is 2.47 bits per heavy atom. The lowest BCUT2D eigenvalue weighted by atomic mass is 9.94. The van der Waals surface area contributed by atoms with Crippen molar-refractivity contribution in [2.45, 2.75) is 26.4 Å². The van der Waals surface area contributed by atoms with Crippen LogP contribution < -0.4 is 14.2 Å². The van der Waals surface area contributed by atoms with Crippen LogP contribution in [-0.4, -0.2) is 47.5 Å². The number of methoxy groups -OCH3 is 2. The number of aromatic nitrogens is 1. The van der Waals surface area contributed by atoms with Gasteiger partial charge in [0.25, 0.3) is 11.7 Å². The van der Waals surface area contributed by atoms with Crippen molar-refractivity contribution in [3.63, 3.8) is 0 Å². The molecule has 4 rings (SSSR count). The minimum absolute atomic E-state index is 0.0600. The molecule has 0 spiro atoms. The molecule has 1 aliphatic heterocycles. The number of Topliss-reactive ketones (excluding diaryl/α,β-unsaturated/α-hetero) is 1. The van der Waals surface area contributed by atoms with Gasteiger partial charge in [-0.2, -0.15) is 0 Å². The molecule has 1 saturated heterocycles. The van der Waals surface area contributed by atoms with Gasteiger partial charge in [-0.1, -0.05) is 43.6 Å². The molecule has 0 radical (unpaired) electrons. The lowest BCUT2D eigenvalue weighted by Gasteiger charge is -2.25. The van der Waals surface area contributed by atoms with Crippen LogP contribution in [0.4, 0.5) is 0 Å². The molecular weight excluding hydrogens is 508 g/mol. The van der Waals surface area contributed by atoms with Crippen LogP contribution in [-0.2, 0) is 16.1 Å². The molecule has 1 N–H and O–H groups in total. The highest BCUT2D eigenvalue weighted by Gasteiger charge is 2.46. The third-order valence-electron chi connectivity index (χ3n) is 6.08. The highest BCUT2D eigenvalue weighted by Crippen LogP contribution is 2.44. The largest absolute Gasteiger partial charge is 0.507 e. The molecule has 1 aromatic heterocycles. The Bertz CT molecular complexity index is 1370. The molecule has 1 atom stereocenters. The van der Waals surface area contributed by atoms with Gasteiger partial charge < -0.3 is 24.2 Å². The number of ketones is 1. The van der Waals surface area contributed by atoms with Gasteiger partial charge in [0.15, 0.2) is 0 Å². The van der Waals surface area contributed by atoms with Gasteiger partial charge in [-0.3, -0.25) is 14.6 Å². The molecule has 1 unspecified atom stereocenters. The molecule has 1 aliphatic rings. The summed E-state index contributed by atoms with van der Waals surface area (Å²) in [7, 11) is 2.88. The molecule has 0 aliphatic carbocycles. The van der Waals surface area contributed by atoms with Gasteiger partial charge in [0.05, 0.1) is 55.3 Å². The second kappa shape index (κ2) is 11.6. The number of halogens is 1. The number of likely N-dealkylation sites (tertiary alicyclic amines) is 1. The van der Waals surface area contributed by atoms with Crippen LogP contribution in [0.3, 0.4) is 0 Å². The van der Waals surface area contributed by atoms with Crippen LogP contribution in [0.15, 0.2) is 66.4 Å². The predicted molar refractivity (Wildman–Crippen MR) is 143 cm³/mol. The number of nitrogens with zero attached hydrogens (tertiary/aromatic N) is 2. The number of amides is 1. The van der Waals surface area contributed by atoms with Crippen molar-refractivity contribution in [2.24, 2.45) is 5.92 Å². The first-order valence-corrected chi connectivity index (χ1v) is 12.5. The summed E-state index contributed by atoms with van der Waals surface area (Å²) in [6.07, 6.45) is 1.62. The van der Waals surface area contributed by atoms with Gasteiger partial charge in [-0.15, -0.1) is 0 Å². The minimum atomic E-state index is -0.912. The summed E-state index contributed by atoms with van der Waals surface area (Å²) in [6.45, 7) is 4.64. The van der Waals surface area contributed by atoms with E-state index >= 15 is 0 Å². The summed E-state index contributed by atoms with van der Waals surface area (Å²) in [5.74, 6) is -0.535. The molecule has 3 aromatic rings. The van der Waals surface area contributed by atoms with E-state index in [9.17, 15) is 14.7 Å². The van der Waals surface area contributed by atoms with Crippen LogP contribution in [0, 0.1) is 5.92 Å². The van der Waals surface area contributed by atoms with E-state index in [1.165, 1.54) is 31.3 Å². The summed E-state index contributed by atoms with van der Waals surface area (Å²) < 4.78 is 16.6. The van der Waals surface area contributed by atoms with Crippen molar-refractivity contribution >= 4 is 29.1 Å². The van der Waals surface area contributed by atoms with Crippen LogP contribution in [0.5, 0.6) is 17.2 Å². The number of carbonyl (C=O) groups is 2. The van der Waals surface area contributed by atoms with Gasteiger partial charge in [0, 0.05) is 12.3 Å². The first-order chi connectivity index (χ1) is 18.2. The van der Waals surface area contributed by atoms with Gasteiger partial charge in [-0.05, 0) is 41.8 Å². The number of rotatable bonds is 9. The molecule has 0 saturated carbocycles. The maximum absolute atomic E-state index is 13.5. The number of aliphatic hydroxyl groups is 1. The molecule has 0 bridgehead atoms. The number of aliphatic hydroxyl groups excluding tert-OH is 1. The Kier molecular flexibility index (Phi) is 8.22. The quantitative estimate of drug-likeness (QED) is 0.222. The summed E-state index contributed by atoms with van der Waals surface area (Å²) in [6, 6.07) is 14.5. The van der Waals surface area contributed by atoms with Crippen LogP contribution in [0.1, 0.15) is 36.7 Å². The third kappa shape index (κ3) is 5.45. The SMILES string of the molecule is COc1cc(OC)c(/C(O)=C2\C(=O)C(=O)N(Cc3ccccn3)C2c2cccc(OCC(C)C)c2)cc1Cl. The summed E-state index contributed by atoms with van der Waals surface area (Å²) >= 11 is 6.34. The van der Waals surface area contributed by atoms with E-state index in [-0.39, 0.29) is 28.5 Å². The minimum Gasteiger partial charge on any atom is -0.507 e. The highest BCUT2D eigenvalue weighted by atomic mass is 35.5. The molecule has 2 aromatic carbocycles. The monoisotopic (exact) mass is 536 g/mol. The van der Waals surface area contributed by atoms with E-state index in [0.717, 1.165) is 0 Å². The fourth-order valence-corrected chi connectivity index (χ4v) is 4.52. The molecular formula is C29H29ClN2O6. The Balaban J connectivity index is 1.89. The Morgan fingerprint density at radius 2 is 1.82 bits per heavy atom. The molecule has 1 fully saturated rings. The van der Waals surface area contributed by atoms with Gasteiger partial charge in [0.1, 0.15) is 23.0 Å². The second-order valence-corrected chi connectivity index (χ2v) is 9.62. The van der Waals surface area contributed by atoms with Crippen LogP contribution in [0.2, 0.25) is 5.02 Å². The van der Waals surface area contributed by atoms with Crippen molar-refractivity contribution in [1.82, 2.24) is 9.88 Å². The first-order valence-electron chi connectivity index (χ1n) is 12.1. The lowest BCUT2D eigenvalue weighted by Crippen LogP contribution is -2.29. The van der Waals surface area contributed by atoms with E-state index in [4.69, 9.17) is 25.8 Å². The number of carbonyl (C=O) groups excluding carboxylic acids is 2.